The van der Waals surface area contributed by atoms with E-state index in [-0.39, 0.29) is 13.0 Å². The Balaban J connectivity index is 1.68. The molecule has 0 radical (unpaired) electrons. The van der Waals surface area contributed by atoms with Crippen LogP contribution in [0.4, 0.5) is 13.2 Å². The van der Waals surface area contributed by atoms with Gasteiger partial charge in [0.2, 0.25) is 0 Å². The molecular weight excluding hydrogens is 341 g/mol. The standard InChI is InChI=1S/C21H23F3O2/c1-2-3-4-5-15-6-8-16(9-7-15)17-10-11-18-13-20(26-21(22,23)24)25-14-19(18)12-17/h6-12,20H,2-5,13-14H2,1H3. The zero-order valence-electron chi connectivity index (χ0n) is 14.8. The molecule has 2 aromatic rings. The van der Waals surface area contributed by atoms with Crippen molar-refractivity contribution in [2.45, 2.75) is 58.3 Å². The number of ether oxygens (including phenoxy) is 2. The molecule has 2 nitrogen and oxygen atoms in total. The third kappa shape index (κ3) is 5.08. The van der Waals surface area contributed by atoms with Crippen LogP contribution in [0.25, 0.3) is 11.1 Å². The number of rotatable bonds is 6. The molecule has 5 heteroatoms. The van der Waals surface area contributed by atoms with Crippen LogP contribution < -0.4 is 0 Å². The van der Waals surface area contributed by atoms with E-state index >= 15 is 0 Å². The van der Waals surface area contributed by atoms with Crippen molar-refractivity contribution in [2.24, 2.45) is 0 Å². The second kappa shape index (κ2) is 8.23. The minimum atomic E-state index is -4.68. The summed E-state index contributed by atoms with van der Waals surface area (Å²) in [6, 6.07) is 14.3. The summed E-state index contributed by atoms with van der Waals surface area (Å²) in [5, 5.41) is 0. The maximum atomic E-state index is 12.3. The maximum absolute atomic E-state index is 12.3. The first-order chi connectivity index (χ1) is 12.4. The molecule has 1 atom stereocenters. The van der Waals surface area contributed by atoms with Gasteiger partial charge >= 0.3 is 6.36 Å². The van der Waals surface area contributed by atoms with Crippen LogP contribution in [0.5, 0.6) is 0 Å². The lowest BCUT2D eigenvalue weighted by atomic mass is 9.95. The van der Waals surface area contributed by atoms with Gasteiger partial charge in [-0.15, -0.1) is 13.2 Å². The topological polar surface area (TPSA) is 18.5 Å². The molecule has 1 unspecified atom stereocenters. The molecule has 0 saturated carbocycles. The molecule has 2 aromatic carbocycles. The van der Waals surface area contributed by atoms with Crippen molar-refractivity contribution in [2.75, 3.05) is 0 Å². The quantitative estimate of drug-likeness (QED) is 0.584. The minimum absolute atomic E-state index is 0.103. The number of fused-ring (bicyclic) bond motifs is 1. The van der Waals surface area contributed by atoms with Gasteiger partial charge in [0.1, 0.15) is 0 Å². The lowest BCUT2D eigenvalue weighted by Gasteiger charge is -2.26. The molecule has 26 heavy (non-hydrogen) atoms. The Morgan fingerprint density at radius 2 is 1.73 bits per heavy atom. The van der Waals surface area contributed by atoms with Crippen molar-refractivity contribution in [3.05, 3.63) is 59.2 Å². The first-order valence-electron chi connectivity index (χ1n) is 9.02. The molecule has 140 valence electrons. The van der Waals surface area contributed by atoms with Gasteiger partial charge in [-0.3, -0.25) is 4.74 Å². The van der Waals surface area contributed by atoms with Crippen LogP contribution in [0.15, 0.2) is 42.5 Å². The molecule has 0 aromatic heterocycles. The van der Waals surface area contributed by atoms with Crippen molar-refractivity contribution in [3.63, 3.8) is 0 Å². The Morgan fingerprint density at radius 1 is 1.00 bits per heavy atom. The van der Waals surface area contributed by atoms with Crippen LogP contribution in [0.2, 0.25) is 0 Å². The third-order valence-electron chi connectivity index (χ3n) is 4.64. The summed E-state index contributed by atoms with van der Waals surface area (Å²) in [5.41, 5.74) is 5.22. The summed E-state index contributed by atoms with van der Waals surface area (Å²) in [7, 11) is 0. The average Bonchev–Trinajstić information content (AvgIpc) is 2.61. The first-order valence-corrected chi connectivity index (χ1v) is 9.02. The van der Waals surface area contributed by atoms with Crippen molar-refractivity contribution in [3.8, 4) is 11.1 Å². The van der Waals surface area contributed by atoms with E-state index in [2.05, 4.69) is 35.9 Å². The Labute approximate surface area is 151 Å². The predicted molar refractivity (Wildman–Crippen MR) is 94.5 cm³/mol. The largest absolute Gasteiger partial charge is 0.524 e. The SMILES string of the molecule is CCCCCc1ccc(-c2ccc3c(c2)COC(OC(F)(F)F)C3)cc1. The minimum Gasteiger partial charge on any atom is -0.347 e. The highest BCUT2D eigenvalue weighted by molar-refractivity contribution is 5.65. The summed E-state index contributed by atoms with van der Waals surface area (Å²) in [5.74, 6) is 0. The van der Waals surface area contributed by atoms with Gasteiger partial charge in [-0.2, -0.15) is 0 Å². The Bertz CT molecular complexity index is 723. The van der Waals surface area contributed by atoms with Crippen molar-refractivity contribution < 1.29 is 22.6 Å². The molecule has 0 aliphatic carbocycles. The highest BCUT2D eigenvalue weighted by Gasteiger charge is 2.35. The molecular formula is C21H23F3O2. The predicted octanol–water partition coefficient (Wildman–Crippen LogP) is 6.02. The number of aryl methyl sites for hydroxylation is 1. The van der Waals surface area contributed by atoms with Crippen LogP contribution in [-0.4, -0.2) is 12.7 Å². The first kappa shape index (κ1) is 18.9. The molecule has 1 heterocycles. The fourth-order valence-corrected chi connectivity index (χ4v) is 3.23. The van der Waals surface area contributed by atoms with Gasteiger partial charge in [-0.1, -0.05) is 56.2 Å². The molecule has 0 fully saturated rings. The van der Waals surface area contributed by atoms with E-state index in [1.54, 1.807) is 0 Å². The number of unbranched alkanes of at least 4 members (excludes halogenated alkanes) is 2. The van der Waals surface area contributed by atoms with E-state index in [0.717, 1.165) is 28.7 Å². The van der Waals surface area contributed by atoms with Crippen LogP contribution in [0.3, 0.4) is 0 Å². The van der Waals surface area contributed by atoms with E-state index in [4.69, 9.17) is 4.74 Å². The smallest absolute Gasteiger partial charge is 0.347 e. The number of benzene rings is 2. The molecule has 0 bridgehead atoms. The molecule has 0 spiro atoms. The zero-order valence-corrected chi connectivity index (χ0v) is 14.8. The lowest BCUT2D eigenvalue weighted by molar-refractivity contribution is -0.381. The summed E-state index contributed by atoms with van der Waals surface area (Å²) in [6.45, 7) is 2.32. The monoisotopic (exact) mass is 364 g/mol. The molecule has 0 amide bonds. The number of hydrogen-bond donors (Lipinski definition) is 0. The van der Waals surface area contributed by atoms with Gasteiger partial charge in [-0.25, -0.2) is 0 Å². The normalized spacial score (nSPS) is 17.2. The second-order valence-corrected chi connectivity index (χ2v) is 6.65. The summed E-state index contributed by atoms with van der Waals surface area (Å²) >= 11 is 0. The number of halogens is 3. The molecule has 1 aliphatic rings. The molecule has 0 N–H and O–H groups in total. The second-order valence-electron chi connectivity index (χ2n) is 6.65. The average molecular weight is 364 g/mol. The van der Waals surface area contributed by atoms with E-state index in [9.17, 15) is 13.2 Å². The van der Waals surface area contributed by atoms with Gasteiger partial charge in [0.15, 0.2) is 6.29 Å². The van der Waals surface area contributed by atoms with Crippen molar-refractivity contribution in [1.82, 2.24) is 0 Å². The van der Waals surface area contributed by atoms with Gasteiger partial charge in [0.05, 0.1) is 6.61 Å². The fraction of sp³-hybridized carbons (Fsp3) is 0.429. The van der Waals surface area contributed by atoms with Crippen molar-refractivity contribution in [1.29, 1.82) is 0 Å². The Kier molecular flexibility index (Phi) is 5.99. The van der Waals surface area contributed by atoms with Gasteiger partial charge < -0.3 is 4.74 Å². The van der Waals surface area contributed by atoms with Crippen LogP contribution in [0, 0.1) is 0 Å². The highest BCUT2D eigenvalue weighted by atomic mass is 19.4. The highest BCUT2D eigenvalue weighted by Crippen LogP contribution is 2.30. The number of hydrogen-bond acceptors (Lipinski definition) is 2. The lowest BCUT2D eigenvalue weighted by Crippen LogP contribution is -2.31. The summed E-state index contributed by atoms with van der Waals surface area (Å²) in [4.78, 5) is 0. The van der Waals surface area contributed by atoms with Gasteiger partial charge in [0.25, 0.3) is 0 Å². The summed E-state index contributed by atoms with van der Waals surface area (Å²) in [6.07, 6.45) is -1.10. The Morgan fingerprint density at radius 3 is 2.42 bits per heavy atom. The van der Waals surface area contributed by atoms with E-state index < -0.39 is 12.7 Å². The van der Waals surface area contributed by atoms with E-state index in [1.165, 1.54) is 24.8 Å². The van der Waals surface area contributed by atoms with Crippen LogP contribution >= 0.6 is 0 Å². The maximum Gasteiger partial charge on any atom is 0.524 e. The molecule has 0 saturated heterocycles. The van der Waals surface area contributed by atoms with Crippen molar-refractivity contribution >= 4 is 0 Å². The summed E-state index contributed by atoms with van der Waals surface area (Å²) < 4.78 is 46.2. The van der Waals surface area contributed by atoms with Crippen LogP contribution in [-0.2, 0) is 28.9 Å². The van der Waals surface area contributed by atoms with Gasteiger partial charge in [-0.05, 0) is 46.7 Å². The third-order valence-corrected chi connectivity index (χ3v) is 4.64. The molecule has 1 aliphatic heterocycles. The molecule has 3 rings (SSSR count). The van der Waals surface area contributed by atoms with E-state index in [0.29, 0.717) is 0 Å². The number of alkyl halides is 3. The van der Waals surface area contributed by atoms with Crippen LogP contribution in [0.1, 0.15) is 42.9 Å². The fourth-order valence-electron chi connectivity index (χ4n) is 3.23. The zero-order chi connectivity index (χ0) is 18.6. The Hall–Kier alpha value is -1.85. The van der Waals surface area contributed by atoms with E-state index in [1.807, 2.05) is 18.2 Å². The van der Waals surface area contributed by atoms with Gasteiger partial charge in [0, 0.05) is 6.42 Å².